The third-order valence-corrected chi connectivity index (χ3v) is 2.56. The summed E-state index contributed by atoms with van der Waals surface area (Å²) in [6.07, 6.45) is 0. The largest absolute Gasteiger partial charge is 0.423 e. The van der Waals surface area contributed by atoms with Crippen LogP contribution in [0.4, 0.5) is 0 Å². The van der Waals surface area contributed by atoms with Crippen molar-refractivity contribution in [3.63, 3.8) is 0 Å². The zero-order chi connectivity index (χ0) is 13.0. The van der Waals surface area contributed by atoms with Gasteiger partial charge in [-0.25, -0.2) is 4.79 Å². The molecule has 2 rings (SSSR count). The molecule has 0 radical (unpaired) electrons. The minimum atomic E-state index is -0.361. The van der Waals surface area contributed by atoms with Gasteiger partial charge in [-0.1, -0.05) is 48.6 Å². The topological polar surface area (TPSA) is 26.3 Å². The zero-order valence-electron chi connectivity index (χ0n) is 10.2. The highest BCUT2D eigenvalue weighted by molar-refractivity contribution is 5.96. The van der Waals surface area contributed by atoms with Gasteiger partial charge in [0.05, 0.1) is 5.56 Å². The summed E-state index contributed by atoms with van der Waals surface area (Å²) in [7, 11) is 0. The van der Waals surface area contributed by atoms with Crippen LogP contribution < -0.4 is 4.74 Å². The Hall–Kier alpha value is -2.35. The van der Waals surface area contributed by atoms with Crippen molar-refractivity contribution in [2.24, 2.45) is 0 Å². The minimum absolute atomic E-state index is 0.361. The number of allylic oxidation sites excluding steroid dienone is 1. The first-order valence-electron chi connectivity index (χ1n) is 5.70. The molecule has 0 aliphatic carbocycles. The number of esters is 1. The number of rotatable bonds is 3. The number of ether oxygens (including phenoxy) is 1. The standard InChI is InChI=1S/C16H14O2/c1-12(2)14-10-6-7-11-15(14)16(17)18-13-8-4-3-5-9-13/h3-11H,1H2,2H3. The van der Waals surface area contributed by atoms with E-state index >= 15 is 0 Å². The van der Waals surface area contributed by atoms with Crippen LogP contribution in [-0.2, 0) is 0 Å². The normalized spacial score (nSPS) is 9.83. The number of para-hydroxylation sites is 1. The highest BCUT2D eigenvalue weighted by atomic mass is 16.5. The van der Waals surface area contributed by atoms with E-state index in [2.05, 4.69) is 6.58 Å². The smallest absolute Gasteiger partial charge is 0.344 e. The van der Waals surface area contributed by atoms with Crippen LogP contribution in [-0.4, -0.2) is 5.97 Å². The molecular weight excluding hydrogens is 224 g/mol. The second-order valence-electron chi connectivity index (χ2n) is 4.03. The summed E-state index contributed by atoms with van der Waals surface area (Å²) in [5.74, 6) is 0.179. The molecule has 0 amide bonds. The monoisotopic (exact) mass is 238 g/mol. The number of benzene rings is 2. The van der Waals surface area contributed by atoms with Crippen molar-refractivity contribution in [3.05, 3.63) is 72.3 Å². The molecule has 2 heteroatoms. The van der Waals surface area contributed by atoms with Gasteiger partial charge in [0.2, 0.25) is 0 Å². The van der Waals surface area contributed by atoms with Crippen molar-refractivity contribution in [3.8, 4) is 5.75 Å². The summed E-state index contributed by atoms with van der Waals surface area (Å²) in [6.45, 7) is 5.74. The first kappa shape index (κ1) is 12.1. The number of hydrogen-bond donors (Lipinski definition) is 0. The van der Waals surface area contributed by atoms with Crippen LogP contribution in [0.1, 0.15) is 22.8 Å². The van der Waals surface area contributed by atoms with E-state index in [0.717, 1.165) is 11.1 Å². The second-order valence-corrected chi connectivity index (χ2v) is 4.03. The molecule has 0 aliphatic rings. The van der Waals surface area contributed by atoms with Gasteiger partial charge in [-0.2, -0.15) is 0 Å². The molecule has 2 aromatic rings. The molecule has 0 spiro atoms. The molecule has 0 aromatic heterocycles. The molecular formula is C16H14O2. The Labute approximate surface area is 107 Å². The summed E-state index contributed by atoms with van der Waals surface area (Å²) >= 11 is 0. The van der Waals surface area contributed by atoms with Crippen molar-refractivity contribution < 1.29 is 9.53 Å². The molecule has 0 saturated carbocycles. The van der Waals surface area contributed by atoms with Crippen LogP contribution >= 0.6 is 0 Å². The lowest BCUT2D eigenvalue weighted by Gasteiger charge is -2.08. The van der Waals surface area contributed by atoms with E-state index in [1.165, 1.54) is 0 Å². The van der Waals surface area contributed by atoms with E-state index < -0.39 is 0 Å². The summed E-state index contributed by atoms with van der Waals surface area (Å²) in [5, 5.41) is 0. The fourth-order valence-electron chi connectivity index (χ4n) is 1.68. The fourth-order valence-corrected chi connectivity index (χ4v) is 1.68. The molecule has 0 bridgehead atoms. The van der Waals surface area contributed by atoms with E-state index in [0.29, 0.717) is 11.3 Å². The second kappa shape index (κ2) is 5.32. The van der Waals surface area contributed by atoms with Crippen LogP contribution in [0.3, 0.4) is 0 Å². The van der Waals surface area contributed by atoms with Gasteiger partial charge in [0.25, 0.3) is 0 Å². The average Bonchev–Trinajstić information content (AvgIpc) is 2.40. The lowest BCUT2D eigenvalue weighted by molar-refractivity contribution is 0.0734. The third-order valence-electron chi connectivity index (χ3n) is 2.56. The molecule has 2 nitrogen and oxygen atoms in total. The summed E-state index contributed by atoms with van der Waals surface area (Å²) < 4.78 is 5.31. The lowest BCUT2D eigenvalue weighted by atomic mass is 10.0. The first-order chi connectivity index (χ1) is 8.68. The van der Waals surface area contributed by atoms with Crippen molar-refractivity contribution >= 4 is 11.5 Å². The minimum Gasteiger partial charge on any atom is -0.423 e. The van der Waals surface area contributed by atoms with Gasteiger partial charge in [-0.05, 0) is 30.7 Å². The predicted octanol–water partition coefficient (Wildman–Crippen LogP) is 3.94. The molecule has 0 fully saturated rings. The van der Waals surface area contributed by atoms with E-state index in [4.69, 9.17) is 4.74 Å². The summed E-state index contributed by atoms with van der Waals surface area (Å²) in [6, 6.07) is 16.3. The number of carbonyl (C=O) groups excluding carboxylic acids is 1. The number of carbonyl (C=O) groups is 1. The quantitative estimate of drug-likeness (QED) is 0.598. The van der Waals surface area contributed by atoms with E-state index in [1.54, 1.807) is 18.2 Å². The Kier molecular flexibility index (Phi) is 3.58. The Morgan fingerprint density at radius 1 is 0.944 bits per heavy atom. The van der Waals surface area contributed by atoms with Gasteiger partial charge in [0, 0.05) is 0 Å². The molecule has 0 aliphatic heterocycles. The predicted molar refractivity (Wildman–Crippen MR) is 72.6 cm³/mol. The molecule has 0 saturated heterocycles. The maximum absolute atomic E-state index is 12.1. The summed E-state index contributed by atoms with van der Waals surface area (Å²) in [5.41, 5.74) is 2.20. The van der Waals surface area contributed by atoms with E-state index in [-0.39, 0.29) is 5.97 Å². The highest BCUT2D eigenvalue weighted by Gasteiger charge is 2.13. The van der Waals surface area contributed by atoms with Gasteiger partial charge in [0.15, 0.2) is 0 Å². The molecule has 0 unspecified atom stereocenters. The Morgan fingerprint density at radius 3 is 2.11 bits per heavy atom. The van der Waals surface area contributed by atoms with Crippen LogP contribution in [0.2, 0.25) is 0 Å². The average molecular weight is 238 g/mol. The van der Waals surface area contributed by atoms with E-state index in [9.17, 15) is 4.79 Å². The number of hydrogen-bond acceptors (Lipinski definition) is 2. The van der Waals surface area contributed by atoms with Crippen molar-refractivity contribution in [2.75, 3.05) is 0 Å². The van der Waals surface area contributed by atoms with Gasteiger partial charge in [-0.3, -0.25) is 0 Å². The van der Waals surface area contributed by atoms with Gasteiger partial charge < -0.3 is 4.74 Å². The lowest BCUT2D eigenvalue weighted by Crippen LogP contribution is -2.10. The van der Waals surface area contributed by atoms with Crippen LogP contribution in [0, 0.1) is 0 Å². The molecule has 90 valence electrons. The Morgan fingerprint density at radius 2 is 1.50 bits per heavy atom. The fraction of sp³-hybridized carbons (Fsp3) is 0.0625. The van der Waals surface area contributed by atoms with Crippen LogP contribution in [0.25, 0.3) is 5.57 Å². The van der Waals surface area contributed by atoms with Crippen molar-refractivity contribution in [2.45, 2.75) is 6.92 Å². The van der Waals surface area contributed by atoms with E-state index in [1.807, 2.05) is 43.3 Å². The van der Waals surface area contributed by atoms with Gasteiger partial charge in [0.1, 0.15) is 5.75 Å². The van der Waals surface area contributed by atoms with Gasteiger partial charge in [-0.15, -0.1) is 0 Å². The highest BCUT2D eigenvalue weighted by Crippen LogP contribution is 2.19. The maximum Gasteiger partial charge on any atom is 0.344 e. The van der Waals surface area contributed by atoms with Gasteiger partial charge >= 0.3 is 5.97 Å². The molecule has 0 heterocycles. The molecule has 18 heavy (non-hydrogen) atoms. The Balaban J connectivity index is 2.27. The zero-order valence-corrected chi connectivity index (χ0v) is 10.2. The molecule has 2 aromatic carbocycles. The van der Waals surface area contributed by atoms with Crippen molar-refractivity contribution in [1.82, 2.24) is 0 Å². The third kappa shape index (κ3) is 2.66. The Bertz CT molecular complexity index is 571. The SMILES string of the molecule is C=C(C)c1ccccc1C(=O)Oc1ccccc1. The maximum atomic E-state index is 12.1. The van der Waals surface area contributed by atoms with Crippen molar-refractivity contribution in [1.29, 1.82) is 0 Å². The molecule has 0 N–H and O–H groups in total. The van der Waals surface area contributed by atoms with Crippen LogP contribution in [0.15, 0.2) is 61.2 Å². The van der Waals surface area contributed by atoms with Crippen LogP contribution in [0.5, 0.6) is 5.75 Å². The first-order valence-corrected chi connectivity index (χ1v) is 5.70. The molecule has 0 atom stereocenters. The summed E-state index contributed by atoms with van der Waals surface area (Å²) in [4.78, 5) is 12.1.